The van der Waals surface area contributed by atoms with Gasteiger partial charge in [0.1, 0.15) is 5.75 Å². The Kier molecular flexibility index (Phi) is 7.42. The molecule has 0 aliphatic rings. The molecule has 0 aliphatic carbocycles. The van der Waals surface area contributed by atoms with Crippen molar-refractivity contribution in [3.8, 4) is 0 Å². The minimum absolute atomic E-state index is 0. The van der Waals surface area contributed by atoms with Crippen molar-refractivity contribution >= 4 is 43.4 Å². The van der Waals surface area contributed by atoms with E-state index < -0.39 is 22.0 Å². The molecule has 0 saturated heterocycles. The van der Waals surface area contributed by atoms with Crippen LogP contribution in [0.1, 0.15) is 0 Å². The third-order valence-electron chi connectivity index (χ3n) is 2.08. The van der Waals surface area contributed by atoms with Crippen molar-refractivity contribution < 1.29 is 69.5 Å². The first kappa shape index (κ1) is 18.0. The van der Waals surface area contributed by atoms with Gasteiger partial charge >= 0.3 is 51.4 Å². The smallest absolute Gasteiger partial charge is 0.391 e. The van der Waals surface area contributed by atoms with Gasteiger partial charge in [-0.1, -0.05) is 23.9 Å². The number of nitrogens with zero attached hydrogens (tertiary/aromatic N) is 1. The Labute approximate surface area is 162 Å². The summed E-state index contributed by atoms with van der Waals surface area (Å²) in [5.74, 6) is -0.468. The number of aromatic nitrogens is 1. The number of rotatable bonds is 5. The van der Waals surface area contributed by atoms with Crippen molar-refractivity contribution in [1.82, 2.24) is 4.98 Å². The number of hydrogen-bond donors (Lipinski definition) is 2. The Bertz CT molecular complexity index is 610. The first-order valence-electron chi connectivity index (χ1n) is 5.05. The first-order valence-corrected chi connectivity index (χ1v) is 8.47. The standard InChI is InChI=1S/C10H11NO4S3.K/c12-7(6-18(13,14)15)5-16-10-11-8-3-1-2-4-9(8)17-10;/h1-4,7,12H,5-6H2,(H,13,14,15);/q;+1. The van der Waals surface area contributed by atoms with Crippen molar-refractivity contribution in [1.29, 1.82) is 0 Å². The normalized spacial score (nSPS) is 13.2. The van der Waals surface area contributed by atoms with Gasteiger partial charge in [-0.2, -0.15) is 8.42 Å². The number of aliphatic hydroxyl groups excluding tert-OH is 1. The second-order valence-electron chi connectivity index (χ2n) is 3.66. The summed E-state index contributed by atoms with van der Waals surface area (Å²) < 4.78 is 31.5. The molecule has 1 unspecified atom stereocenters. The molecule has 2 rings (SSSR count). The maximum atomic E-state index is 10.6. The summed E-state index contributed by atoms with van der Waals surface area (Å²) in [4.78, 5) is 4.34. The maximum Gasteiger partial charge on any atom is 1.00 e. The van der Waals surface area contributed by atoms with E-state index in [1.807, 2.05) is 24.3 Å². The predicted molar refractivity (Wildman–Crippen MR) is 72.8 cm³/mol. The molecule has 0 amide bonds. The molecule has 19 heavy (non-hydrogen) atoms. The van der Waals surface area contributed by atoms with Crippen molar-refractivity contribution in [3.05, 3.63) is 24.3 Å². The van der Waals surface area contributed by atoms with Gasteiger partial charge in [0.25, 0.3) is 10.1 Å². The predicted octanol–water partition coefficient (Wildman–Crippen LogP) is -1.36. The van der Waals surface area contributed by atoms with Crippen LogP contribution >= 0.6 is 23.1 Å². The second kappa shape index (κ2) is 7.83. The largest absolute Gasteiger partial charge is 1.00 e. The van der Waals surface area contributed by atoms with Crippen molar-refractivity contribution in [2.24, 2.45) is 0 Å². The van der Waals surface area contributed by atoms with Crippen molar-refractivity contribution in [2.75, 3.05) is 11.5 Å². The molecule has 9 heteroatoms. The minimum Gasteiger partial charge on any atom is -0.391 e. The van der Waals surface area contributed by atoms with Crippen LogP contribution in [0.4, 0.5) is 0 Å². The number of fused-ring (bicyclic) bond motifs is 1. The van der Waals surface area contributed by atoms with Gasteiger partial charge in [-0.3, -0.25) is 4.55 Å². The van der Waals surface area contributed by atoms with Gasteiger partial charge in [-0.15, -0.1) is 11.3 Å². The summed E-state index contributed by atoms with van der Waals surface area (Å²) in [6.45, 7) is 0. The van der Waals surface area contributed by atoms with Crippen molar-refractivity contribution in [3.63, 3.8) is 0 Å². The van der Waals surface area contributed by atoms with Crippen LogP contribution in [0, 0.1) is 0 Å². The molecule has 0 spiro atoms. The fourth-order valence-electron chi connectivity index (χ4n) is 1.37. The molecule has 5 nitrogen and oxygen atoms in total. The summed E-state index contributed by atoms with van der Waals surface area (Å²) >= 11 is 2.76. The van der Waals surface area contributed by atoms with E-state index >= 15 is 0 Å². The van der Waals surface area contributed by atoms with Crippen LogP contribution < -0.4 is 51.4 Å². The molecule has 0 bridgehead atoms. The fraction of sp³-hybridized carbons (Fsp3) is 0.300. The van der Waals surface area contributed by atoms with Crippen LogP contribution in [0.3, 0.4) is 0 Å². The van der Waals surface area contributed by atoms with Crippen LogP contribution in [0.15, 0.2) is 28.6 Å². The van der Waals surface area contributed by atoms with E-state index in [0.29, 0.717) is 0 Å². The third kappa shape index (κ3) is 6.08. The van der Waals surface area contributed by atoms with Crippen LogP contribution in [-0.4, -0.2) is 40.7 Å². The number of thioether (sulfide) groups is 1. The number of aliphatic hydroxyl groups is 1. The monoisotopic (exact) mass is 344 g/mol. The van der Waals surface area contributed by atoms with E-state index in [4.69, 9.17) is 4.55 Å². The summed E-state index contributed by atoms with van der Waals surface area (Å²) in [6.07, 6.45) is -1.10. The molecular weight excluding hydrogens is 333 g/mol. The number of hydrogen-bond acceptors (Lipinski definition) is 6. The Balaban J connectivity index is 0.00000180. The van der Waals surface area contributed by atoms with E-state index in [9.17, 15) is 13.5 Å². The molecule has 1 atom stereocenters. The van der Waals surface area contributed by atoms with Crippen LogP contribution in [0.2, 0.25) is 0 Å². The Morgan fingerprint density at radius 3 is 2.68 bits per heavy atom. The topological polar surface area (TPSA) is 87.5 Å². The summed E-state index contributed by atoms with van der Waals surface area (Å²) in [6, 6.07) is 7.65. The number of para-hydroxylation sites is 1. The van der Waals surface area contributed by atoms with Gasteiger partial charge in [-0.25, -0.2) is 4.98 Å². The van der Waals surface area contributed by atoms with Gasteiger partial charge < -0.3 is 5.11 Å². The molecule has 0 fully saturated rings. The Morgan fingerprint density at radius 2 is 2.05 bits per heavy atom. The van der Waals surface area contributed by atoms with E-state index in [1.165, 1.54) is 23.1 Å². The minimum atomic E-state index is -4.13. The van der Waals surface area contributed by atoms with Gasteiger partial charge in [0.05, 0.1) is 16.3 Å². The Morgan fingerprint density at radius 1 is 1.37 bits per heavy atom. The second-order valence-corrected chi connectivity index (χ2v) is 7.46. The summed E-state index contributed by atoms with van der Waals surface area (Å²) in [5.41, 5.74) is 0.884. The molecule has 0 radical (unpaired) electrons. The van der Waals surface area contributed by atoms with Crippen LogP contribution in [0.25, 0.3) is 10.2 Å². The van der Waals surface area contributed by atoms with Gasteiger partial charge in [0.15, 0.2) is 4.34 Å². The average molecular weight is 344 g/mol. The molecule has 2 N–H and O–H groups in total. The molecule has 98 valence electrons. The molecule has 1 aromatic carbocycles. The van der Waals surface area contributed by atoms with Gasteiger partial charge in [-0.05, 0) is 12.1 Å². The van der Waals surface area contributed by atoms with Gasteiger partial charge in [0.2, 0.25) is 0 Å². The zero-order valence-corrected chi connectivity index (χ0v) is 15.8. The van der Waals surface area contributed by atoms with Crippen LogP contribution in [-0.2, 0) is 10.1 Å². The van der Waals surface area contributed by atoms with Crippen molar-refractivity contribution in [2.45, 2.75) is 10.4 Å². The maximum absolute atomic E-state index is 10.6. The quantitative estimate of drug-likeness (QED) is 0.396. The zero-order valence-electron chi connectivity index (χ0n) is 10.2. The van der Waals surface area contributed by atoms with E-state index in [1.54, 1.807) is 0 Å². The third-order valence-corrected chi connectivity index (χ3v) is 5.21. The molecule has 2 aromatic rings. The molecule has 1 heterocycles. The summed E-state index contributed by atoms with van der Waals surface area (Å²) in [7, 11) is -4.13. The number of benzene rings is 1. The van der Waals surface area contributed by atoms with Crippen LogP contribution in [0.5, 0.6) is 0 Å². The SMILES string of the molecule is O=S(=O)(O)CC(O)CSc1nc2ccccc2s1.[K+]. The molecule has 0 aliphatic heterocycles. The molecular formula is C10H11KNO4S3+. The number of thiazole rings is 1. The first-order chi connectivity index (χ1) is 8.44. The Hall–Kier alpha value is 0.966. The van der Waals surface area contributed by atoms with Gasteiger partial charge in [0, 0.05) is 5.75 Å². The fourth-order valence-corrected chi connectivity index (χ4v) is 4.15. The molecule has 0 saturated carbocycles. The van der Waals surface area contributed by atoms with E-state index in [2.05, 4.69) is 4.98 Å². The zero-order chi connectivity index (χ0) is 13.2. The average Bonchev–Trinajstić information content (AvgIpc) is 2.66. The van der Waals surface area contributed by atoms with E-state index in [0.717, 1.165) is 14.6 Å². The summed E-state index contributed by atoms with van der Waals surface area (Å²) in [5, 5.41) is 9.44. The van der Waals surface area contributed by atoms with E-state index in [-0.39, 0.29) is 57.1 Å². The molecule has 1 aromatic heterocycles.